The van der Waals surface area contributed by atoms with Crippen LogP contribution in [0.2, 0.25) is 5.02 Å². The van der Waals surface area contributed by atoms with E-state index in [-0.39, 0.29) is 6.04 Å². The summed E-state index contributed by atoms with van der Waals surface area (Å²) < 4.78 is 0. The molecule has 1 atom stereocenters. The molecule has 2 nitrogen and oxygen atoms in total. The molecule has 3 heteroatoms. The van der Waals surface area contributed by atoms with Gasteiger partial charge in [-0.1, -0.05) is 48.0 Å². The van der Waals surface area contributed by atoms with E-state index in [0.29, 0.717) is 0 Å². The third-order valence-corrected chi connectivity index (χ3v) is 3.82. The number of anilines is 1. The second kappa shape index (κ2) is 6.78. The van der Waals surface area contributed by atoms with Crippen molar-refractivity contribution in [3.8, 4) is 0 Å². The zero-order valence-electron chi connectivity index (χ0n) is 12.0. The molecule has 0 aliphatic rings. The van der Waals surface area contributed by atoms with E-state index in [1.165, 1.54) is 5.56 Å². The zero-order valence-corrected chi connectivity index (χ0v) is 12.8. The van der Waals surface area contributed by atoms with E-state index in [0.717, 1.165) is 29.2 Å². The largest absolute Gasteiger partial charge is 0.374 e. The number of hydrogen-bond acceptors (Lipinski definition) is 2. The molecule has 2 rings (SSSR count). The third-order valence-electron chi connectivity index (χ3n) is 3.49. The molecule has 20 heavy (non-hydrogen) atoms. The monoisotopic (exact) mass is 288 g/mol. The molecule has 1 unspecified atom stereocenters. The molecule has 0 amide bonds. The van der Waals surface area contributed by atoms with E-state index in [4.69, 9.17) is 17.3 Å². The molecule has 106 valence electrons. The summed E-state index contributed by atoms with van der Waals surface area (Å²) in [5.74, 6) is 0. The van der Waals surface area contributed by atoms with Crippen molar-refractivity contribution in [2.45, 2.75) is 19.4 Å². The smallest absolute Gasteiger partial charge is 0.0474 e. The Bertz CT molecular complexity index is 552. The molecule has 0 aliphatic carbocycles. The molecular formula is C17H21ClN2. The molecular weight excluding hydrogens is 268 g/mol. The first kappa shape index (κ1) is 14.9. The van der Waals surface area contributed by atoms with Crippen LogP contribution in [0.25, 0.3) is 0 Å². The van der Waals surface area contributed by atoms with Crippen LogP contribution < -0.4 is 10.6 Å². The quantitative estimate of drug-likeness (QED) is 0.900. The topological polar surface area (TPSA) is 29.3 Å². The average molecular weight is 289 g/mol. The van der Waals surface area contributed by atoms with Crippen LogP contribution in [-0.2, 0) is 6.42 Å². The van der Waals surface area contributed by atoms with Crippen LogP contribution >= 0.6 is 11.6 Å². The van der Waals surface area contributed by atoms with Crippen molar-refractivity contribution in [3.05, 3.63) is 64.7 Å². The molecule has 2 aromatic carbocycles. The first-order valence-corrected chi connectivity index (χ1v) is 7.26. The minimum Gasteiger partial charge on any atom is -0.374 e. The number of benzene rings is 2. The Morgan fingerprint density at radius 2 is 1.85 bits per heavy atom. The van der Waals surface area contributed by atoms with E-state index in [2.05, 4.69) is 42.3 Å². The lowest BCUT2D eigenvalue weighted by Gasteiger charge is -2.21. The first-order chi connectivity index (χ1) is 9.58. The SMILES string of the molecule is CC(N)c1ccc(N(C)CCc2ccccc2)cc1Cl. The fourth-order valence-electron chi connectivity index (χ4n) is 2.19. The summed E-state index contributed by atoms with van der Waals surface area (Å²) >= 11 is 6.28. The maximum atomic E-state index is 6.28. The average Bonchev–Trinajstić information content (AvgIpc) is 2.45. The maximum absolute atomic E-state index is 6.28. The molecule has 0 aromatic heterocycles. The van der Waals surface area contributed by atoms with E-state index in [9.17, 15) is 0 Å². The number of rotatable bonds is 5. The van der Waals surface area contributed by atoms with Crippen LogP contribution in [0.3, 0.4) is 0 Å². The highest BCUT2D eigenvalue weighted by Gasteiger charge is 2.08. The van der Waals surface area contributed by atoms with Crippen molar-refractivity contribution in [1.82, 2.24) is 0 Å². The summed E-state index contributed by atoms with van der Waals surface area (Å²) in [7, 11) is 2.08. The van der Waals surface area contributed by atoms with E-state index >= 15 is 0 Å². The van der Waals surface area contributed by atoms with Gasteiger partial charge in [-0.25, -0.2) is 0 Å². The highest BCUT2D eigenvalue weighted by molar-refractivity contribution is 6.31. The fourth-order valence-corrected chi connectivity index (χ4v) is 2.54. The number of nitrogens with two attached hydrogens (primary N) is 1. The second-order valence-corrected chi connectivity index (χ2v) is 5.56. The van der Waals surface area contributed by atoms with Crippen LogP contribution in [0.1, 0.15) is 24.1 Å². The van der Waals surface area contributed by atoms with Gasteiger partial charge in [0.1, 0.15) is 0 Å². The molecule has 0 bridgehead atoms. The lowest BCUT2D eigenvalue weighted by molar-refractivity contribution is 0.816. The van der Waals surface area contributed by atoms with Crippen molar-refractivity contribution < 1.29 is 0 Å². The van der Waals surface area contributed by atoms with Gasteiger partial charge in [0.25, 0.3) is 0 Å². The first-order valence-electron chi connectivity index (χ1n) is 6.88. The van der Waals surface area contributed by atoms with Crippen molar-refractivity contribution in [3.63, 3.8) is 0 Å². The molecule has 0 saturated heterocycles. The van der Waals surface area contributed by atoms with Gasteiger partial charge in [0.2, 0.25) is 0 Å². The second-order valence-electron chi connectivity index (χ2n) is 5.15. The number of hydrogen-bond donors (Lipinski definition) is 1. The normalized spacial score (nSPS) is 12.2. The predicted molar refractivity (Wildman–Crippen MR) is 87.5 cm³/mol. The van der Waals surface area contributed by atoms with Crippen molar-refractivity contribution >= 4 is 17.3 Å². The number of halogens is 1. The molecule has 0 spiro atoms. The highest BCUT2D eigenvalue weighted by Crippen LogP contribution is 2.26. The minimum absolute atomic E-state index is 0.0359. The van der Waals surface area contributed by atoms with Crippen molar-refractivity contribution in [1.29, 1.82) is 0 Å². The zero-order chi connectivity index (χ0) is 14.5. The summed E-state index contributed by atoms with van der Waals surface area (Å²) in [5.41, 5.74) is 9.34. The van der Waals surface area contributed by atoms with Crippen LogP contribution in [0.15, 0.2) is 48.5 Å². The molecule has 0 heterocycles. The molecule has 0 fully saturated rings. The summed E-state index contributed by atoms with van der Waals surface area (Å²) in [5, 5.41) is 0.740. The maximum Gasteiger partial charge on any atom is 0.0474 e. The van der Waals surface area contributed by atoms with E-state index in [1.54, 1.807) is 0 Å². The summed E-state index contributed by atoms with van der Waals surface area (Å²) in [4.78, 5) is 2.21. The molecule has 2 aromatic rings. The van der Waals surface area contributed by atoms with Gasteiger partial charge in [-0.2, -0.15) is 0 Å². The molecule has 0 saturated carbocycles. The highest BCUT2D eigenvalue weighted by atomic mass is 35.5. The van der Waals surface area contributed by atoms with E-state index < -0.39 is 0 Å². The third kappa shape index (κ3) is 3.75. The molecule has 0 radical (unpaired) electrons. The van der Waals surface area contributed by atoms with Gasteiger partial charge in [0, 0.05) is 30.3 Å². The fraction of sp³-hybridized carbons (Fsp3) is 0.294. The Kier molecular flexibility index (Phi) is 5.05. The number of nitrogens with zero attached hydrogens (tertiary/aromatic N) is 1. The number of likely N-dealkylation sites (N-methyl/N-ethyl adjacent to an activating group) is 1. The molecule has 2 N–H and O–H groups in total. The summed E-state index contributed by atoms with van der Waals surface area (Å²) in [6.45, 7) is 2.90. The van der Waals surface area contributed by atoms with Crippen molar-refractivity contribution in [2.24, 2.45) is 5.73 Å². The van der Waals surface area contributed by atoms with Crippen molar-refractivity contribution in [2.75, 3.05) is 18.5 Å². The predicted octanol–water partition coefficient (Wildman–Crippen LogP) is 4.04. The minimum atomic E-state index is -0.0359. The Hall–Kier alpha value is -1.51. The van der Waals surface area contributed by atoms with Gasteiger partial charge < -0.3 is 10.6 Å². The van der Waals surface area contributed by atoms with Crippen LogP contribution in [0.4, 0.5) is 5.69 Å². The Morgan fingerprint density at radius 3 is 2.45 bits per heavy atom. The van der Waals surface area contributed by atoms with Gasteiger partial charge in [0.05, 0.1) is 0 Å². The Labute approximate surface area is 126 Å². The Morgan fingerprint density at radius 1 is 1.15 bits per heavy atom. The lowest BCUT2D eigenvalue weighted by atomic mass is 10.1. The lowest BCUT2D eigenvalue weighted by Crippen LogP contribution is -2.20. The summed E-state index contributed by atoms with van der Waals surface area (Å²) in [6.07, 6.45) is 1.02. The van der Waals surface area contributed by atoms with Gasteiger partial charge in [0.15, 0.2) is 0 Å². The van der Waals surface area contributed by atoms with Gasteiger partial charge >= 0.3 is 0 Å². The van der Waals surface area contributed by atoms with E-state index in [1.807, 2.05) is 25.1 Å². The summed E-state index contributed by atoms with van der Waals surface area (Å²) in [6, 6.07) is 16.5. The standard InChI is InChI=1S/C17H21ClN2/c1-13(19)16-9-8-15(12-17(16)18)20(2)11-10-14-6-4-3-5-7-14/h3-9,12-13H,10-11,19H2,1-2H3. The molecule has 0 aliphatic heterocycles. The van der Waals surface area contributed by atoms with Gasteiger partial charge in [-0.05, 0) is 36.6 Å². The Balaban J connectivity index is 2.02. The van der Waals surface area contributed by atoms with Gasteiger partial charge in [-0.15, -0.1) is 0 Å². The van der Waals surface area contributed by atoms with Gasteiger partial charge in [-0.3, -0.25) is 0 Å². The van der Waals surface area contributed by atoms with Crippen LogP contribution in [0.5, 0.6) is 0 Å². The van der Waals surface area contributed by atoms with Crippen LogP contribution in [0, 0.1) is 0 Å². The van der Waals surface area contributed by atoms with Crippen LogP contribution in [-0.4, -0.2) is 13.6 Å².